The van der Waals surface area contributed by atoms with E-state index in [1.807, 2.05) is 25.1 Å². The Balaban J connectivity index is 1.66. The van der Waals surface area contributed by atoms with E-state index in [1.165, 1.54) is 11.1 Å². The van der Waals surface area contributed by atoms with Crippen molar-refractivity contribution in [3.8, 4) is 11.5 Å². The molecule has 0 radical (unpaired) electrons. The summed E-state index contributed by atoms with van der Waals surface area (Å²) < 4.78 is 10.6. The highest BCUT2D eigenvalue weighted by Crippen LogP contribution is 2.31. The Morgan fingerprint density at radius 3 is 2.73 bits per heavy atom. The highest BCUT2D eigenvalue weighted by molar-refractivity contribution is 6.31. The molecule has 6 heteroatoms. The average molecular weight is 375 g/mol. The predicted octanol–water partition coefficient (Wildman–Crippen LogP) is 3.66. The Labute approximate surface area is 158 Å². The minimum Gasteiger partial charge on any atom is -0.497 e. The highest BCUT2D eigenvalue weighted by Gasteiger charge is 2.20. The fourth-order valence-corrected chi connectivity index (χ4v) is 3.33. The number of hydrogen-bond donors (Lipinski definition) is 1. The average Bonchev–Trinajstić information content (AvgIpc) is 2.63. The van der Waals surface area contributed by atoms with Crippen LogP contribution in [-0.2, 0) is 17.8 Å². The smallest absolute Gasteiger partial charge is 0.238 e. The van der Waals surface area contributed by atoms with Gasteiger partial charge in [-0.3, -0.25) is 9.69 Å². The monoisotopic (exact) mass is 374 g/mol. The third-order valence-corrected chi connectivity index (χ3v) is 5.03. The minimum absolute atomic E-state index is 0.0728. The lowest BCUT2D eigenvalue weighted by Crippen LogP contribution is -2.37. The van der Waals surface area contributed by atoms with Gasteiger partial charge in [0.2, 0.25) is 5.91 Å². The highest BCUT2D eigenvalue weighted by atomic mass is 35.5. The van der Waals surface area contributed by atoms with Crippen molar-refractivity contribution in [1.82, 2.24) is 4.90 Å². The molecule has 0 fully saturated rings. The van der Waals surface area contributed by atoms with Gasteiger partial charge >= 0.3 is 0 Å². The first kappa shape index (κ1) is 18.5. The Hall–Kier alpha value is -2.24. The summed E-state index contributed by atoms with van der Waals surface area (Å²) >= 11 is 6.12. The van der Waals surface area contributed by atoms with Crippen LogP contribution in [0.5, 0.6) is 11.5 Å². The van der Waals surface area contributed by atoms with E-state index in [1.54, 1.807) is 20.3 Å². The largest absolute Gasteiger partial charge is 0.497 e. The number of amides is 1. The van der Waals surface area contributed by atoms with E-state index in [4.69, 9.17) is 21.1 Å². The van der Waals surface area contributed by atoms with Crippen LogP contribution < -0.4 is 14.8 Å². The number of fused-ring (bicyclic) bond motifs is 1. The molecule has 26 heavy (non-hydrogen) atoms. The molecule has 1 aliphatic rings. The van der Waals surface area contributed by atoms with Gasteiger partial charge in [-0.1, -0.05) is 17.7 Å². The molecule has 1 heterocycles. The Bertz CT molecular complexity index is 823. The van der Waals surface area contributed by atoms with Crippen LogP contribution in [-0.4, -0.2) is 38.1 Å². The van der Waals surface area contributed by atoms with Gasteiger partial charge in [-0.25, -0.2) is 0 Å². The van der Waals surface area contributed by atoms with Gasteiger partial charge in [0.1, 0.15) is 11.5 Å². The number of rotatable bonds is 5. The zero-order valence-electron chi connectivity index (χ0n) is 15.3. The molecule has 5 nitrogen and oxygen atoms in total. The van der Waals surface area contributed by atoms with Crippen LogP contribution in [0.3, 0.4) is 0 Å². The van der Waals surface area contributed by atoms with E-state index in [-0.39, 0.29) is 5.91 Å². The molecular weight excluding hydrogens is 352 g/mol. The molecular formula is C20H23ClN2O3. The zero-order valence-corrected chi connectivity index (χ0v) is 16.0. The molecule has 0 atom stereocenters. The maximum Gasteiger partial charge on any atom is 0.238 e. The number of halogens is 1. The molecule has 0 unspecified atom stereocenters. The lowest BCUT2D eigenvalue weighted by atomic mass is 9.99. The lowest BCUT2D eigenvalue weighted by Gasteiger charge is -2.28. The Morgan fingerprint density at radius 1 is 1.19 bits per heavy atom. The summed E-state index contributed by atoms with van der Waals surface area (Å²) in [5.41, 5.74) is 4.06. The number of anilines is 1. The normalized spacial score (nSPS) is 13.8. The Kier molecular flexibility index (Phi) is 5.69. The van der Waals surface area contributed by atoms with E-state index < -0.39 is 0 Å². The van der Waals surface area contributed by atoms with E-state index in [0.29, 0.717) is 23.0 Å². The van der Waals surface area contributed by atoms with Crippen molar-refractivity contribution < 1.29 is 14.3 Å². The second-order valence-electron chi connectivity index (χ2n) is 6.45. The predicted molar refractivity (Wildman–Crippen MR) is 103 cm³/mol. The first-order chi connectivity index (χ1) is 12.5. The molecule has 3 rings (SSSR count). The third kappa shape index (κ3) is 4.11. The molecule has 0 spiro atoms. The number of ether oxygens (including phenoxy) is 2. The summed E-state index contributed by atoms with van der Waals surface area (Å²) in [6.07, 6.45) is 0.927. The summed E-state index contributed by atoms with van der Waals surface area (Å²) in [7, 11) is 3.23. The van der Waals surface area contributed by atoms with Crippen LogP contribution in [0.4, 0.5) is 5.69 Å². The third-order valence-electron chi connectivity index (χ3n) is 4.63. The molecule has 0 bridgehead atoms. The van der Waals surface area contributed by atoms with Gasteiger partial charge in [0.05, 0.1) is 26.5 Å². The minimum atomic E-state index is -0.0728. The van der Waals surface area contributed by atoms with Crippen molar-refractivity contribution in [2.75, 3.05) is 32.6 Å². The van der Waals surface area contributed by atoms with Gasteiger partial charge in [-0.05, 0) is 48.2 Å². The first-order valence-corrected chi connectivity index (χ1v) is 8.90. The molecule has 2 aromatic rings. The molecule has 0 saturated carbocycles. The van der Waals surface area contributed by atoms with Gasteiger partial charge < -0.3 is 14.8 Å². The van der Waals surface area contributed by atoms with E-state index in [2.05, 4.69) is 16.3 Å². The summed E-state index contributed by atoms with van der Waals surface area (Å²) in [6, 6.07) is 9.68. The van der Waals surface area contributed by atoms with Crippen LogP contribution in [0.25, 0.3) is 0 Å². The SMILES string of the molecule is COc1ccc2c(c1)CN(CC(=O)Nc1cc(C)c(Cl)cc1OC)CC2. The van der Waals surface area contributed by atoms with Crippen LogP contribution in [0.2, 0.25) is 5.02 Å². The lowest BCUT2D eigenvalue weighted by molar-refractivity contribution is -0.117. The summed E-state index contributed by atoms with van der Waals surface area (Å²) in [6.45, 7) is 3.80. The second-order valence-corrected chi connectivity index (χ2v) is 6.85. The van der Waals surface area contributed by atoms with Crippen molar-refractivity contribution in [3.05, 3.63) is 52.0 Å². The van der Waals surface area contributed by atoms with Gasteiger partial charge in [-0.15, -0.1) is 0 Å². The van der Waals surface area contributed by atoms with Crippen LogP contribution in [0.15, 0.2) is 30.3 Å². The number of nitrogens with one attached hydrogen (secondary N) is 1. The molecule has 2 aromatic carbocycles. The fourth-order valence-electron chi connectivity index (χ4n) is 3.18. The summed E-state index contributed by atoms with van der Waals surface area (Å²) in [5.74, 6) is 1.33. The maximum absolute atomic E-state index is 12.5. The van der Waals surface area contributed by atoms with Gasteiger partial charge in [0.15, 0.2) is 0 Å². The van der Waals surface area contributed by atoms with E-state index in [9.17, 15) is 4.79 Å². The number of carbonyl (C=O) groups excluding carboxylic acids is 1. The fraction of sp³-hybridized carbons (Fsp3) is 0.350. The van der Waals surface area contributed by atoms with Gasteiger partial charge in [-0.2, -0.15) is 0 Å². The van der Waals surface area contributed by atoms with Crippen molar-refractivity contribution >= 4 is 23.2 Å². The number of nitrogens with zero attached hydrogens (tertiary/aromatic N) is 1. The van der Waals surface area contributed by atoms with Crippen molar-refractivity contribution in [3.63, 3.8) is 0 Å². The number of aryl methyl sites for hydroxylation is 1. The molecule has 1 N–H and O–H groups in total. The van der Waals surface area contributed by atoms with Crippen LogP contribution in [0.1, 0.15) is 16.7 Å². The summed E-state index contributed by atoms with van der Waals surface area (Å²) in [4.78, 5) is 14.6. The Morgan fingerprint density at radius 2 is 2.00 bits per heavy atom. The zero-order chi connectivity index (χ0) is 18.7. The maximum atomic E-state index is 12.5. The number of hydrogen-bond acceptors (Lipinski definition) is 4. The van der Waals surface area contributed by atoms with Gasteiger partial charge in [0.25, 0.3) is 0 Å². The second kappa shape index (κ2) is 7.98. The van der Waals surface area contributed by atoms with E-state index >= 15 is 0 Å². The molecule has 0 aromatic heterocycles. The van der Waals surface area contributed by atoms with Gasteiger partial charge in [0, 0.05) is 24.2 Å². The van der Waals surface area contributed by atoms with Crippen molar-refractivity contribution in [2.24, 2.45) is 0 Å². The number of carbonyl (C=O) groups is 1. The standard InChI is InChI=1S/C20H23ClN2O3/c1-13-8-18(19(26-3)10-17(13)21)22-20(24)12-23-7-6-14-4-5-16(25-2)9-15(14)11-23/h4-5,8-10H,6-7,11-12H2,1-3H3,(H,22,24). The molecule has 0 aliphatic carbocycles. The molecule has 1 aliphatic heterocycles. The van der Waals surface area contributed by atoms with Crippen molar-refractivity contribution in [2.45, 2.75) is 19.9 Å². The van der Waals surface area contributed by atoms with Crippen LogP contribution >= 0.6 is 11.6 Å². The topological polar surface area (TPSA) is 50.8 Å². The number of methoxy groups -OCH3 is 2. The molecule has 1 amide bonds. The van der Waals surface area contributed by atoms with Crippen LogP contribution in [0, 0.1) is 6.92 Å². The van der Waals surface area contributed by atoms with E-state index in [0.717, 1.165) is 30.8 Å². The first-order valence-electron chi connectivity index (χ1n) is 8.52. The van der Waals surface area contributed by atoms with Crippen molar-refractivity contribution in [1.29, 1.82) is 0 Å². The molecule has 138 valence electrons. The molecule has 0 saturated heterocycles. The summed E-state index contributed by atoms with van der Waals surface area (Å²) in [5, 5.41) is 3.55. The number of benzene rings is 2. The quantitative estimate of drug-likeness (QED) is 0.867.